The SMILES string of the molecule is CC(=O)c1ccc(NC(=O)C(C)Oc2ccc3c(C(C)C)cc(=O)oc3c2)cc1. The Labute approximate surface area is 168 Å². The number of amides is 1. The molecule has 0 aliphatic heterocycles. The minimum absolute atomic E-state index is 0.0387. The molecule has 0 aliphatic rings. The van der Waals surface area contributed by atoms with Gasteiger partial charge < -0.3 is 14.5 Å². The number of ether oxygens (including phenoxy) is 1. The molecule has 0 aliphatic carbocycles. The summed E-state index contributed by atoms with van der Waals surface area (Å²) >= 11 is 0. The second kappa shape index (κ2) is 8.31. The lowest BCUT2D eigenvalue weighted by Crippen LogP contribution is -2.30. The van der Waals surface area contributed by atoms with Crippen LogP contribution in [0, 0.1) is 0 Å². The normalized spacial score (nSPS) is 12.0. The Morgan fingerprint density at radius 3 is 2.31 bits per heavy atom. The molecule has 6 heteroatoms. The third-order valence-electron chi connectivity index (χ3n) is 4.61. The first-order chi connectivity index (χ1) is 13.7. The van der Waals surface area contributed by atoms with E-state index in [2.05, 4.69) is 5.32 Å². The number of carbonyl (C=O) groups is 2. The van der Waals surface area contributed by atoms with Crippen molar-refractivity contribution in [1.29, 1.82) is 0 Å². The topological polar surface area (TPSA) is 85.6 Å². The number of anilines is 1. The molecule has 2 aromatic carbocycles. The molecule has 3 rings (SSSR count). The Balaban J connectivity index is 1.74. The van der Waals surface area contributed by atoms with Gasteiger partial charge in [-0.2, -0.15) is 0 Å². The molecule has 1 N–H and O–H groups in total. The summed E-state index contributed by atoms with van der Waals surface area (Å²) < 4.78 is 11.0. The molecule has 0 spiro atoms. The van der Waals surface area contributed by atoms with Gasteiger partial charge in [0.25, 0.3) is 5.91 Å². The quantitative estimate of drug-likeness (QED) is 0.491. The third kappa shape index (κ3) is 4.71. The summed E-state index contributed by atoms with van der Waals surface area (Å²) in [4.78, 5) is 35.6. The Hall–Kier alpha value is -3.41. The molecule has 0 bridgehead atoms. The van der Waals surface area contributed by atoms with E-state index < -0.39 is 11.7 Å². The van der Waals surface area contributed by atoms with Crippen LogP contribution in [0.2, 0.25) is 0 Å². The van der Waals surface area contributed by atoms with Crippen molar-refractivity contribution < 1.29 is 18.7 Å². The lowest BCUT2D eigenvalue weighted by atomic mass is 10.00. The van der Waals surface area contributed by atoms with Crippen molar-refractivity contribution in [3.05, 3.63) is 70.1 Å². The molecule has 6 nitrogen and oxygen atoms in total. The maximum atomic E-state index is 12.4. The van der Waals surface area contributed by atoms with Crippen molar-refractivity contribution in [1.82, 2.24) is 0 Å². The number of benzene rings is 2. The van der Waals surface area contributed by atoms with E-state index in [1.54, 1.807) is 43.3 Å². The van der Waals surface area contributed by atoms with E-state index in [0.717, 1.165) is 10.9 Å². The van der Waals surface area contributed by atoms with E-state index in [-0.39, 0.29) is 17.6 Å². The van der Waals surface area contributed by atoms with Crippen LogP contribution in [0.25, 0.3) is 11.0 Å². The first-order valence-electron chi connectivity index (χ1n) is 9.41. The number of hydrogen-bond acceptors (Lipinski definition) is 5. The fourth-order valence-electron chi connectivity index (χ4n) is 3.01. The smallest absolute Gasteiger partial charge is 0.336 e. The van der Waals surface area contributed by atoms with Crippen LogP contribution < -0.4 is 15.7 Å². The summed E-state index contributed by atoms with van der Waals surface area (Å²) in [7, 11) is 0. The van der Waals surface area contributed by atoms with Gasteiger partial charge >= 0.3 is 5.63 Å². The molecule has 1 unspecified atom stereocenters. The summed E-state index contributed by atoms with van der Waals surface area (Å²) in [5.41, 5.74) is 2.05. The van der Waals surface area contributed by atoms with Gasteiger partial charge in [0, 0.05) is 28.8 Å². The molecule has 1 atom stereocenters. The highest BCUT2D eigenvalue weighted by Gasteiger charge is 2.16. The van der Waals surface area contributed by atoms with Gasteiger partial charge in [-0.3, -0.25) is 9.59 Å². The highest BCUT2D eigenvalue weighted by atomic mass is 16.5. The highest BCUT2D eigenvalue weighted by Crippen LogP contribution is 2.27. The summed E-state index contributed by atoms with van der Waals surface area (Å²) in [6, 6.07) is 13.3. The van der Waals surface area contributed by atoms with E-state index in [1.165, 1.54) is 13.0 Å². The number of hydrogen-bond donors (Lipinski definition) is 1. The van der Waals surface area contributed by atoms with Gasteiger partial charge in [-0.15, -0.1) is 0 Å². The van der Waals surface area contributed by atoms with Crippen LogP contribution in [0.1, 0.15) is 49.5 Å². The lowest BCUT2D eigenvalue weighted by Gasteiger charge is -2.16. The monoisotopic (exact) mass is 393 g/mol. The maximum Gasteiger partial charge on any atom is 0.336 e. The zero-order valence-corrected chi connectivity index (χ0v) is 16.8. The van der Waals surface area contributed by atoms with Crippen molar-refractivity contribution in [3.8, 4) is 5.75 Å². The van der Waals surface area contributed by atoms with Gasteiger partial charge in [0.1, 0.15) is 11.3 Å². The molecule has 0 fully saturated rings. The van der Waals surface area contributed by atoms with Crippen LogP contribution >= 0.6 is 0 Å². The van der Waals surface area contributed by atoms with Crippen LogP contribution in [0.3, 0.4) is 0 Å². The predicted octanol–water partition coefficient (Wildman–Crippen LogP) is 4.53. The van der Waals surface area contributed by atoms with Crippen LogP contribution in [0.4, 0.5) is 5.69 Å². The zero-order valence-electron chi connectivity index (χ0n) is 16.8. The van der Waals surface area contributed by atoms with Gasteiger partial charge in [-0.1, -0.05) is 13.8 Å². The van der Waals surface area contributed by atoms with Crippen molar-refractivity contribution >= 4 is 28.3 Å². The fraction of sp³-hybridized carbons (Fsp3) is 0.261. The molecule has 0 saturated carbocycles. The summed E-state index contributed by atoms with van der Waals surface area (Å²) in [6.45, 7) is 7.13. The van der Waals surface area contributed by atoms with Gasteiger partial charge in [0.05, 0.1) is 0 Å². The molecule has 0 radical (unpaired) electrons. The second-order valence-corrected chi connectivity index (χ2v) is 7.22. The maximum absolute atomic E-state index is 12.4. The highest BCUT2D eigenvalue weighted by molar-refractivity contribution is 5.96. The number of rotatable bonds is 6. The Kier molecular flexibility index (Phi) is 5.82. The average Bonchev–Trinajstić information content (AvgIpc) is 2.67. The summed E-state index contributed by atoms with van der Waals surface area (Å²) in [5, 5.41) is 3.59. The molecule has 150 valence electrons. The van der Waals surface area contributed by atoms with E-state index in [9.17, 15) is 14.4 Å². The first-order valence-corrected chi connectivity index (χ1v) is 9.41. The van der Waals surface area contributed by atoms with E-state index in [0.29, 0.717) is 22.6 Å². The molecule has 1 heterocycles. The second-order valence-electron chi connectivity index (χ2n) is 7.22. The van der Waals surface area contributed by atoms with Gasteiger partial charge in [-0.25, -0.2) is 4.79 Å². The number of nitrogens with one attached hydrogen (secondary N) is 1. The van der Waals surface area contributed by atoms with Crippen LogP contribution in [-0.2, 0) is 4.79 Å². The third-order valence-corrected chi connectivity index (χ3v) is 4.61. The Morgan fingerprint density at radius 1 is 1.00 bits per heavy atom. The minimum Gasteiger partial charge on any atom is -0.481 e. The lowest BCUT2D eigenvalue weighted by molar-refractivity contribution is -0.122. The summed E-state index contributed by atoms with van der Waals surface area (Å²) in [6.07, 6.45) is -0.778. The standard InChI is InChI=1S/C23H23NO5/c1-13(2)20-12-22(26)29-21-11-18(9-10-19(20)21)28-15(4)23(27)24-17-7-5-16(6-8-17)14(3)25/h5-13,15H,1-4H3,(H,24,27). The van der Waals surface area contributed by atoms with E-state index in [1.807, 2.05) is 19.9 Å². The van der Waals surface area contributed by atoms with Crippen molar-refractivity contribution in [2.75, 3.05) is 5.32 Å². The number of carbonyl (C=O) groups excluding carboxylic acids is 2. The number of ketones is 1. The van der Waals surface area contributed by atoms with Crippen molar-refractivity contribution in [3.63, 3.8) is 0 Å². The summed E-state index contributed by atoms with van der Waals surface area (Å²) in [5.74, 6) is 0.227. The van der Waals surface area contributed by atoms with Gasteiger partial charge in [-0.05, 0) is 61.7 Å². The minimum atomic E-state index is -0.778. The predicted molar refractivity (Wildman–Crippen MR) is 112 cm³/mol. The molecule has 3 aromatic rings. The van der Waals surface area contributed by atoms with E-state index in [4.69, 9.17) is 9.15 Å². The average molecular weight is 393 g/mol. The Morgan fingerprint density at radius 2 is 1.69 bits per heavy atom. The molecule has 29 heavy (non-hydrogen) atoms. The van der Waals surface area contributed by atoms with Gasteiger partial charge in [0.2, 0.25) is 0 Å². The molecular weight excluding hydrogens is 370 g/mol. The number of Topliss-reactive ketones (excluding diaryl/α,β-unsaturated/α-hetero) is 1. The van der Waals surface area contributed by atoms with Crippen LogP contribution in [0.5, 0.6) is 5.75 Å². The first kappa shape index (κ1) is 20.3. The molecule has 1 amide bonds. The molecular formula is C23H23NO5. The zero-order chi connectivity index (χ0) is 21.1. The fourth-order valence-corrected chi connectivity index (χ4v) is 3.01. The largest absolute Gasteiger partial charge is 0.481 e. The number of fused-ring (bicyclic) bond motifs is 1. The molecule has 0 saturated heterocycles. The van der Waals surface area contributed by atoms with Crippen LogP contribution in [-0.4, -0.2) is 17.8 Å². The van der Waals surface area contributed by atoms with Crippen molar-refractivity contribution in [2.24, 2.45) is 0 Å². The Bertz CT molecular complexity index is 1110. The van der Waals surface area contributed by atoms with Gasteiger partial charge in [0.15, 0.2) is 11.9 Å². The van der Waals surface area contributed by atoms with E-state index >= 15 is 0 Å². The molecule has 1 aromatic heterocycles. The van der Waals surface area contributed by atoms with Crippen molar-refractivity contribution in [2.45, 2.75) is 39.7 Å². The van der Waals surface area contributed by atoms with Crippen LogP contribution in [0.15, 0.2) is 57.7 Å².